The molecule has 2 unspecified atom stereocenters. The second-order valence-corrected chi connectivity index (χ2v) is 6.03. The monoisotopic (exact) mass is 296 g/mol. The predicted molar refractivity (Wildman–Crippen MR) is 85.7 cm³/mol. The number of piperidine rings is 1. The number of anilines is 1. The highest BCUT2D eigenvalue weighted by Crippen LogP contribution is 2.30. The molecule has 1 aliphatic rings. The van der Waals surface area contributed by atoms with Crippen LogP contribution < -0.4 is 10.2 Å². The summed E-state index contributed by atoms with van der Waals surface area (Å²) in [7, 11) is 3.73. The summed E-state index contributed by atoms with van der Waals surface area (Å²) in [6, 6.07) is 6.70. The number of nitrogens with zero attached hydrogens (tertiary/aromatic N) is 1. The van der Waals surface area contributed by atoms with E-state index in [1.165, 1.54) is 18.5 Å². The van der Waals surface area contributed by atoms with E-state index in [0.29, 0.717) is 5.92 Å². The van der Waals surface area contributed by atoms with Crippen molar-refractivity contribution in [2.24, 2.45) is 5.92 Å². The highest BCUT2D eigenvalue weighted by Gasteiger charge is 2.20. The molecule has 112 valence electrons. The van der Waals surface area contributed by atoms with Crippen molar-refractivity contribution in [2.75, 3.05) is 38.8 Å². The van der Waals surface area contributed by atoms with Gasteiger partial charge in [0.2, 0.25) is 0 Å². The first kappa shape index (κ1) is 15.6. The minimum Gasteiger partial charge on any atom is -0.384 e. The van der Waals surface area contributed by atoms with Crippen molar-refractivity contribution in [3.8, 4) is 0 Å². The molecule has 1 fully saturated rings. The van der Waals surface area contributed by atoms with Crippen LogP contribution in [-0.2, 0) is 4.74 Å². The van der Waals surface area contributed by atoms with Crippen LogP contribution in [0.4, 0.5) is 5.69 Å². The largest absolute Gasteiger partial charge is 0.384 e. The molecular weight excluding hydrogens is 272 g/mol. The third kappa shape index (κ3) is 3.66. The molecule has 0 bridgehead atoms. The Kier molecular flexibility index (Phi) is 5.70. The van der Waals surface area contributed by atoms with E-state index in [-0.39, 0.29) is 6.04 Å². The van der Waals surface area contributed by atoms with E-state index in [9.17, 15) is 0 Å². The van der Waals surface area contributed by atoms with Crippen molar-refractivity contribution in [3.63, 3.8) is 0 Å². The lowest BCUT2D eigenvalue weighted by Gasteiger charge is -2.34. The van der Waals surface area contributed by atoms with Gasteiger partial charge >= 0.3 is 0 Å². The summed E-state index contributed by atoms with van der Waals surface area (Å²) >= 11 is 6.43. The number of ether oxygens (including phenoxy) is 1. The quantitative estimate of drug-likeness (QED) is 0.900. The third-order valence-electron chi connectivity index (χ3n) is 4.17. The molecular formula is C16H25ClN2O. The first-order chi connectivity index (χ1) is 9.65. The molecule has 1 aromatic rings. The lowest BCUT2D eigenvalue weighted by Crippen LogP contribution is -2.37. The van der Waals surface area contributed by atoms with Crippen molar-refractivity contribution >= 4 is 17.3 Å². The lowest BCUT2D eigenvalue weighted by molar-refractivity contribution is 0.143. The summed E-state index contributed by atoms with van der Waals surface area (Å²) in [6.07, 6.45) is 2.48. The molecule has 1 saturated heterocycles. The fraction of sp³-hybridized carbons (Fsp3) is 0.625. The summed E-state index contributed by atoms with van der Waals surface area (Å²) in [5.41, 5.74) is 2.38. The van der Waals surface area contributed by atoms with E-state index < -0.39 is 0 Å². The van der Waals surface area contributed by atoms with E-state index in [1.807, 2.05) is 7.05 Å². The molecule has 3 nitrogen and oxygen atoms in total. The summed E-state index contributed by atoms with van der Waals surface area (Å²) in [6.45, 7) is 5.14. The highest BCUT2D eigenvalue weighted by molar-refractivity contribution is 6.31. The van der Waals surface area contributed by atoms with Crippen molar-refractivity contribution in [1.82, 2.24) is 5.32 Å². The Morgan fingerprint density at radius 3 is 2.95 bits per heavy atom. The Bertz CT molecular complexity index is 436. The number of benzene rings is 1. The van der Waals surface area contributed by atoms with Gasteiger partial charge in [-0.25, -0.2) is 0 Å². The van der Waals surface area contributed by atoms with Gasteiger partial charge in [0.15, 0.2) is 0 Å². The lowest BCUT2D eigenvalue weighted by atomic mass is 9.98. The van der Waals surface area contributed by atoms with Gasteiger partial charge in [-0.2, -0.15) is 0 Å². The van der Waals surface area contributed by atoms with Gasteiger partial charge in [0, 0.05) is 37.0 Å². The molecule has 0 aromatic heterocycles. The Hall–Kier alpha value is -0.770. The first-order valence-corrected chi connectivity index (χ1v) is 7.74. The molecule has 1 heterocycles. The average Bonchev–Trinajstić information content (AvgIpc) is 2.47. The zero-order chi connectivity index (χ0) is 14.5. The van der Waals surface area contributed by atoms with Crippen molar-refractivity contribution in [2.45, 2.75) is 25.8 Å². The van der Waals surface area contributed by atoms with E-state index in [2.05, 4.69) is 35.3 Å². The Balaban J connectivity index is 2.10. The zero-order valence-corrected chi connectivity index (χ0v) is 13.4. The van der Waals surface area contributed by atoms with Gasteiger partial charge in [0.05, 0.1) is 6.61 Å². The molecule has 0 aliphatic carbocycles. The van der Waals surface area contributed by atoms with E-state index in [4.69, 9.17) is 16.3 Å². The SMILES string of the molecule is CNC(C)c1ccc(N2CCCC(COC)C2)cc1Cl. The van der Waals surface area contributed by atoms with Gasteiger partial charge in [0.25, 0.3) is 0 Å². The minimum absolute atomic E-state index is 0.277. The first-order valence-electron chi connectivity index (χ1n) is 7.36. The number of methoxy groups -OCH3 is 1. The molecule has 0 amide bonds. The van der Waals surface area contributed by atoms with Crippen molar-refractivity contribution in [1.29, 1.82) is 0 Å². The van der Waals surface area contributed by atoms with Gasteiger partial charge in [0.1, 0.15) is 0 Å². The Morgan fingerprint density at radius 2 is 2.30 bits per heavy atom. The van der Waals surface area contributed by atoms with Gasteiger partial charge in [-0.3, -0.25) is 0 Å². The minimum atomic E-state index is 0.277. The second-order valence-electron chi connectivity index (χ2n) is 5.63. The van der Waals surface area contributed by atoms with Crippen LogP contribution in [0, 0.1) is 5.92 Å². The number of hydrogen-bond acceptors (Lipinski definition) is 3. The molecule has 2 rings (SSSR count). The summed E-state index contributed by atoms with van der Waals surface area (Å²) in [5, 5.41) is 4.08. The smallest absolute Gasteiger partial charge is 0.0507 e. The second kappa shape index (κ2) is 7.30. The fourth-order valence-corrected chi connectivity index (χ4v) is 3.23. The van der Waals surface area contributed by atoms with Gasteiger partial charge < -0.3 is 15.0 Å². The van der Waals surface area contributed by atoms with Crippen LogP contribution in [-0.4, -0.2) is 33.9 Å². The van der Waals surface area contributed by atoms with Gasteiger partial charge in [-0.1, -0.05) is 17.7 Å². The van der Waals surface area contributed by atoms with Gasteiger partial charge in [-0.05, 0) is 50.4 Å². The molecule has 0 spiro atoms. The van der Waals surface area contributed by atoms with Crippen LogP contribution in [0.2, 0.25) is 5.02 Å². The number of rotatable bonds is 5. The van der Waals surface area contributed by atoms with E-state index in [1.54, 1.807) is 7.11 Å². The molecule has 1 N–H and O–H groups in total. The van der Waals surface area contributed by atoms with E-state index >= 15 is 0 Å². The molecule has 0 saturated carbocycles. The van der Waals surface area contributed by atoms with Gasteiger partial charge in [-0.15, -0.1) is 0 Å². The van der Waals surface area contributed by atoms with Crippen LogP contribution in [0.25, 0.3) is 0 Å². The van der Waals surface area contributed by atoms with E-state index in [0.717, 1.165) is 30.3 Å². The maximum Gasteiger partial charge on any atom is 0.0507 e. The molecule has 1 aromatic carbocycles. The van der Waals surface area contributed by atoms with Crippen LogP contribution in [0.15, 0.2) is 18.2 Å². The molecule has 2 atom stereocenters. The fourth-order valence-electron chi connectivity index (χ4n) is 2.89. The maximum absolute atomic E-state index is 6.43. The Labute approximate surface area is 127 Å². The third-order valence-corrected chi connectivity index (χ3v) is 4.50. The summed E-state index contributed by atoms with van der Waals surface area (Å²) < 4.78 is 5.29. The van der Waals surface area contributed by atoms with Crippen molar-refractivity contribution < 1.29 is 4.74 Å². The van der Waals surface area contributed by atoms with Crippen LogP contribution in [0.1, 0.15) is 31.4 Å². The number of hydrogen-bond donors (Lipinski definition) is 1. The van der Waals surface area contributed by atoms with Crippen LogP contribution >= 0.6 is 11.6 Å². The summed E-state index contributed by atoms with van der Waals surface area (Å²) in [5.74, 6) is 0.628. The highest BCUT2D eigenvalue weighted by atomic mass is 35.5. The number of nitrogens with one attached hydrogen (secondary N) is 1. The average molecular weight is 297 g/mol. The molecule has 20 heavy (non-hydrogen) atoms. The molecule has 0 radical (unpaired) electrons. The Morgan fingerprint density at radius 1 is 1.50 bits per heavy atom. The van der Waals surface area contributed by atoms with Crippen molar-refractivity contribution in [3.05, 3.63) is 28.8 Å². The maximum atomic E-state index is 6.43. The predicted octanol–water partition coefficient (Wildman–Crippen LogP) is 3.48. The molecule has 1 aliphatic heterocycles. The standard InChI is InChI=1S/C16H25ClN2O/c1-12(18-2)15-7-6-14(9-16(15)17)19-8-4-5-13(10-19)11-20-3/h6-7,9,12-13,18H,4-5,8,10-11H2,1-3H3. The zero-order valence-electron chi connectivity index (χ0n) is 12.7. The van der Waals surface area contributed by atoms with Crippen LogP contribution in [0.5, 0.6) is 0 Å². The molecule has 4 heteroatoms. The normalized spacial score (nSPS) is 21.0. The van der Waals surface area contributed by atoms with Crippen LogP contribution in [0.3, 0.4) is 0 Å². The topological polar surface area (TPSA) is 24.5 Å². The summed E-state index contributed by atoms with van der Waals surface area (Å²) in [4.78, 5) is 2.42. The number of halogens is 1.